The van der Waals surface area contributed by atoms with E-state index in [0.717, 1.165) is 18.8 Å². The van der Waals surface area contributed by atoms with Crippen LogP contribution < -0.4 is 11.1 Å². The summed E-state index contributed by atoms with van der Waals surface area (Å²) in [5, 5.41) is 10.7. The van der Waals surface area contributed by atoms with E-state index in [4.69, 9.17) is 5.11 Å². The summed E-state index contributed by atoms with van der Waals surface area (Å²) in [5.41, 5.74) is 5.10. The molecule has 0 spiro atoms. The second-order valence-electron chi connectivity index (χ2n) is 2.77. The van der Waals surface area contributed by atoms with Crippen LogP contribution in [0.15, 0.2) is 24.3 Å². The van der Waals surface area contributed by atoms with Gasteiger partial charge in [0.25, 0.3) is 0 Å². The molecule has 0 heterocycles. The molecule has 0 radical (unpaired) electrons. The van der Waals surface area contributed by atoms with Crippen LogP contribution in [0.25, 0.3) is 0 Å². The lowest BCUT2D eigenvalue weighted by Gasteiger charge is -1.98. The highest BCUT2D eigenvalue weighted by Crippen LogP contribution is 2.03. The Kier molecular flexibility index (Phi) is 3.42. The summed E-state index contributed by atoms with van der Waals surface area (Å²) in [6.45, 7) is 1.78. The summed E-state index contributed by atoms with van der Waals surface area (Å²) in [4.78, 5) is 10.5. The Morgan fingerprint density at radius 2 is 2.00 bits per heavy atom. The van der Waals surface area contributed by atoms with Gasteiger partial charge in [-0.3, -0.25) is 0 Å². The van der Waals surface area contributed by atoms with E-state index < -0.39 is 5.97 Å². The van der Waals surface area contributed by atoms with Gasteiger partial charge in [-0.15, -0.1) is 0 Å². The fraction of sp³-hybridized carbons (Fsp3) is 0.222. The minimum absolute atomic E-state index is 0.326. The summed E-state index contributed by atoms with van der Waals surface area (Å²) < 4.78 is 0. The molecule has 1 aromatic carbocycles. The zero-order chi connectivity index (χ0) is 9.68. The Hall–Kier alpha value is -1.39. The Balaban J connectivity index is 2.64. The fourth-order valence-corrected chi connectivity index (χ4v) is 1.03. The summed E-state index contributed by atoms with van der Waals surface area (Å²) in [6.07, 6.45) is 0. The average Bonchev–Trinajstić information content (AvgIpc) is 2.15. The van der Waals surface area contributed by atoms with Crippen LogP contribution in [0.1, 0.15) is 10.4 Å². The number of nitrogens with two attached hydrogens (primary N) is 1. The highest BCUT2D eigenvalue weighted by molar-refractivity contribution is 5.87. The molecular weight excluding hydrogens is 168 g/mol. The van der Waals surface area contributed by atoms with Crippen molar-refractivity contribution >= 4 is 11.7 Å². The SMILES string of the molecule is [NH3+]CC[NH2+]c1ccc(C(=O)O)cc1. The number of quaternary nitrogens is 2. The maximum Gasteiger partial charge on any atom is 0.335 e. The number of carboxylic acids is 1. The topological polar surface area (TPSA) is 81.5 Å². The third-order valence-electron chi connectivity index (χ3n) is 1.74. The van der Waals surface area contributed by atoms with Crippen molar-refractivity contribution in [3.8, 4) is 0 Å². The molecule has 0 bridgehead atoms. The Bertz CT molecular complexity index is 282. The molecule has 0 aliphatic heterocycles. The lowest BCUT2D eigenvalue weighted by atomic mass is 10.2. The first kappa shape index (κ1) is 9.70. The number of carboxylic acid groups (broad SMARTS) is 1. The molecule has 0 saturated heterocycles. The molecule has 0 aliphatic carbocycles. The van der Waals surface area contributed by atoms with E-state index >= 15 is 0 Å². The summed E-state index contributed by atoms with van der Waals surface area (Å²) in [6, 6.07) is 6.83. The normalized spacial score (nSPS) is 9.92. The van der Waals surface area contributed by atoms with Gasteiger partial charge in [0.2, 0.25) is 0 Å². The van der Waals surface area contributed by atoms with Gasteiger partial charge in [0.05, 0.1) is 5.56 Å². The molecular formula is C9H14N2O2+2. The van der Waals surface area contributed by atoms with Crippen LogP contribution in [-0.2, 0) is 0 Å². The van der Waals surface area contributed by atoms with Crippen molar-refractivity contribution in [2.45, 2.75) is 0 Å². The van der Waals surface area contributed by atoms with E-state index in [1.807, 2.05) is 5.32 Å². The van der Waals surface area contributed by atoms with Crippen molar-refractivity contribution in [3.05, 3.63) is 29.8 Å². The van der Waals surface area contributed by atoms with Crippen LogP contribution >= 0.6 is 0 Å². The minimum atomic E-state index is -0.885. The number of rotatable bonds is 4. The third-order valence-corrected chi connectivity index (χ3v) is 1.74. The molecule has 0 aliphatic rings. The van der Waals surface area contributed by atoms with Crippen LogP contribution in [-0.4, -0.2) is 24.2 Å². The molecule has 1 aromatic rings. The van der Waals surface area contributed by atoms with E-state index in [0.29, 0.717) is 5.56 Å². The lowest BCUT2D eigenvalue weighted by molar-refractivity contribution is -0.596. The molecule has 0 unspecified atom stereocenters. The third kappa shape index (κ3) is 2.85. The molecule has 1 rings (SSSR count). The standard InChI is InChI=1S/C9H12N2O2/c10-5-6-11-8-3-1-7(2-4-8)9(12)13/h1-4,11H,5-6,10H2,(H,12,13)/p+2. The molecule has 0 amide bonds. The summed E-state index contributed by atoms with van der Waals surface area (Å²) in [5.74, 6) is -0.885. The molecule has 6 N–H and O–H groups in total. The van der Waals surface area contributed by atoms with Gasteiger partial charge < -0.3 is 16.2 Å². The minimum Gasteiger partial charge on any atom is -0.478 e. The first-order valence-electron chi connectivity index (χ1n) is 4.20. The monoisotopic (exact) mass is 182 g/mol. The van der Waals surface area contributed by atoms with Gasteiger partial charge >= 0.3 is 5.97 Å². The molecule has 0 atom stereocenters. The maximum atomic E-state index is 10.5. The van der Waals surface area contributed by atoms with E-state index in [-0.39, 0.29) is 0 Å². The predicted molar refractivity (Wildman–Crippen MR) is 47.6 cm³/mol. The molecule has 0 saturated carbocycles. The first-order valence-corrected chi connectivity index (χ1v) is 4.20. The van der Waals surface area contributed by atoms with Crippen molar-refractivity contribution in [2.24, 2.45) is 0 Å². The number of benzene rings is 1. The van der Waals surface area contributed by atoms with Gasteiger partial charge in [-0.2, -0.15) is 0 Å². The van der Waals surface area contributed by atoms with Gasteiger partial charge in [0.1, 0.15) is 18.8 Å². The van der Waals surface area contributed by atoms with E-state index in [1.165, 1.54) is 0 Å². The van der Waals surface area contributed by atoms with Crippen molar-refractivity contribution in [3.63, 3.8) is 0 Å². The van der Waals surface area contributed by atoms with Gasteiger partial charge in [-0.1, -0.05) is 0 Å². The van der Waals surface area contributed by atoms with Gasteiger partial charge in [-0.25, -0.2) is 4.79 Å². The van der Waals surface area contributed by atoms with E-state index in [2.05, 4.69) is 5.73 Å². The highest BCUT2D eigenvalue weighted by atomic mass is 16.4. The largest absolute Gasteiger partial charge is 0.478 e. The van der Waals surface area contributed by atoms with Crippen molar-refractivity contribution in [1.82, 2.24) is 0 Å². The van der Waals surface area contributed by atoms with Crippen LogP contribution in [0.2, 0.25) is 0 Å². The van der Waals surface area contributed by atoms with Crippen LogP contribution in [0.4, 0.5) is 5.69 Å². The van der Waals surface area contributed by atoms with Crippen molar-refractivity contribution in [1.29, 1.82) is 0 Å². The van der Waals surface area contributed by atoms with Gasteiger partial charge in [0, 0.05) is 0 Å². The Morgan fingerprint density at radius 3 is 2.46 bits per heavy atom. The molecule has 13 heavy (non-hydrogen) atoms. The van der Waals surface area contributed by atoms with Gasteiger partial charge in [-0.05, 0) is 24.3 Å². The molecule has 70 valence electrons. The smallest absolute Gasteiger partial charge is 0.335 e. The van der Waals surface area contributed by atoms with Crippen molar-refractivity contribution < 1.29 is 21.0 Å². The zero-order valence-corrected chi connectivity index (χ0v) is 7.36. The summed E-state index contributed by atoms with van der Waals surface area (Å²) >= 11 is 0. The Labute approximate surface area is 76.4 Å². The predicted octanol–water partition coefficient (Wildman–Crippen LogP) is -1.18. The van der Waals surface area contributed by atoms with E-state index in [1.54, 1.807) is 24.3 Å². The number of hydrogen-bond acceptors (Lipinski definition) is 1. The summed E-state index contributed by atoms with van der Waals surface area (Å²) in [7, 11) is 0. The van der Waals surface area contributed by atoms with Crippen molar-refractivity contribution in [2.75, 3.05) is 13.1 Å². The molecule has 4 nitrogen and oxygen atoms in total. The quantitative estimate of drug-likeness (QED) is 0.512. The lowest BCUT2D eigenvalue weighted by Crippen LogP contribution is -2.82. The number of carbonyl (C=O) groups is 1. The number of hydrogen-bond donors (Lipinski definition) is 3. The average molecular weight is 182 g/mol. The zero-order valence-electron chi connectivity index (χ0n) is 7.36. The Morgan fingerprint density at radius 1 is 1.38 bits per heavy atom. The second-order valence-corrected chi connectivity index (χ2v) is 2.77. The number of aromatic carboxylic acids is 1. The molecule has 0 aromatic heterocycles. The fourth-order valence-electron chi connectivity index (χ4n) is 1.03. The van der Waals surface area contributed by atoms with E-state index in [9.17, 15) is 4.79 Å². The maximum absolute atomic E-state index is 10.5. The first-order chi connectivity index (χ1) is 6.24. The van der Waals surface area contributed by atoms with Gasteiger partial charge in [0.15, 0.2) is 0 Å². The molecule has 0 fully saturated rings. The van der Waals surface area contributed by atoms with Crippen LogP contribution in [0, 0.1) is 0 Å². The van der Waals surface area contributed by atoms with Crippen LogP contribution in [0.5, 0.6) is 0 Å². The highest BCUT2D eigenvalue weighted by Gasteiger charge is 2.02. The molecule has 4 heteroatoms. The second kappa shape index (κ2) is 4.59. The van der Waals surface area contributed by atoms with Crippen LogP contribution in [0.3, 0.4) is 0 Å².